The Morgan fingerprint density at radius 2 is 1.78 bits per heavy atom. The van der Waals surface area contributed by atoms with Crippen LogP contribution in [0.15, 0.2) is 60.0 Å². The van der Waals surface area contributed by atoms with Gasteiger partial charge >= 0.3 is 0 Å². The molecule has 1 atom stereocenters. The number of hydrogen-bond acceptors (Lipinski definition) is 8. The van der Waals surface area contributed by atoms with Crippen molar-refractivity contribution in [1.29, 1.82) is 0 Å². The Morgan fingerprint density at radius 3 is 2.44 bits per heavy atom. The average Bonchev–Trinajstić information content (AvgIpc) is 3.74. The Bertz CT molecular complexity index is 1840. The lowest BCUT2D eigenvalue weighted by atomic mass is 10.1. The van der Waals surface area contributed by atoms with Crippen LogP contribution in [0.5, 0.6) is 0 Å². The van der Waals surface area contributed by atoms with Crippen molar-refractivity contribution in [3.63, 3.8) is 0 Å². The highest BCUT2D eigenvalue weighted by Gasteiger charge is 2.29. The molecular weight excluding hydrogens is 563 g/mol. The molecule has 1 amide bonds. The van der Waals surface area contributed by atoms with Gasteiger partial charge in [-0.05, 0) is 36.6 Å². The number of amides is 1. The minimum atomic E-state index is -3.28. The highest BCUT2D eigenvalue weighted by molar-refractivity contribution is 6.30. The second kappa shape index (κ2) is 10.3. The summed E-state index contributed by atoms with van der Waals surface area (Å²) >= 11 is 5.86. The monoisotopic (exact) mass is 581 g/mol. The van der Waals surface area contributed by atoms with E-state index >= 15 is 0 Å². The summed E-state index contributed by atoms with van der Waals surface area (Å²) in [5.41, 5.74) is 6.73. The van der Waals surface area contributed by atoms with Crippen molar-refractivity contribution < 1.29 is 18.0 Å². The van der Waals surface area contributed by atoms with Gasteiger partial charge in [0.15, 0.2) is 0 Å². The molecule has 1 fully saturated rings. The number of hydrogen-bond donors (Lipinski definition) is 2. The third kappa shape index (κ3) is 4.97. The van der Waals surface area contributed by atoms with Gasteiger partial charge in [-0.2, -0.15) is 9.78 Å². The van der Waals surface area contributed by atoms with E-state index in [9.17, 15) is 22.8 Å². The number of carbonyl (C=O) groups is 1. The van der Waals surface area contributed by atoms with Crippen LogP contribution in [0, 0.1) is 0 Å². The Morgan fingerprint density at radius 1 is 1.07 bits per heavy atom. The second-order valence-electron chi connectivity index (χ2n) is 9.32. The van der Waals surface area contributed by atoms with Crippen molar-refractivity contribution in [2.45, 2.75) is 31.5 Å². The molecule has 5 aromatic rings. The predicted octanol–water partition coefficient (Wildman–Crippen LogP) is 4.53. The van der Waals surface area contributed by atoms with E-state index in [0.29, 0.717) is 27.1 Å². The van der Waals surface area contributed by atoms with Gasteiger partial charge in [0.25, 0.3) is 23.8 Å². The molecule has 1 unspecified atom stereocenters. The highest BCUT2D eigenvalue weighted by Crippen LogP contribution is 2.39. The van der Waals surface area contributed by atoms with Gasteiger partial charge in [-0.3, -0.25) is 14.2 Å². The number of nitrogen functional groups attached to an aromatic ring is 1. The fourth-order valence-electron chi connectivity index (χ4n) is 4.37. The van der Waals surface area contributed by atoms with E-state index in [4.69, 9.17) is 17.3 Å². The molecule has 0 bridgehead atoms. The van der Waals surface area contributed by atoms with Crippen molar-refractivity contribution in [3.8, 4) is 17.1 Å². The number of anilines is 2. The average molecular weight is 582 g/mol. The van der Waals surface area contributed by atoms with Gasteiger partial charge < -0.3 is 11.1 Å². The van der Waals surface area contributed by atoms with Crippen LogP contribution in [0.2, 0.25) is 5.02 Å². The maximum Gasteiger partial charge on any atom is 0.288 e. The normalized spacial score (nSPS) is 14.0. The van der Waals surface area contributed by atoms with E-state index in [1.165, 1.54) is 24.7 Å². The van der Waals surface area contributed by atoms with Gasteiger partial charge in [-0.1, -0.05) is 23.7 Å². The number of nitrogens with two attached hydrogens (primary N) is 1. The molecule has 4 heterocycles. The maximum atomic E-state index is 14.3. The van der Waals surface area contributed by atoms with Crippen LogP contribution in [-0.2, 0) is 0 Å². The van der Waals surface area contributed by atoms with Crippen LogP contribution in [0.3, 0.4) is 0 Å². The van der Waals surface area contributed by atoms with Crippen LogP contribution >= 0.6 is 11.6 Å². The van der Waals surface area contributed by atoms with Gasteiger partial charge in [0, 0.05) is 23.4 Å². The Balaban J connectivity index is 1.32. The van der Waals surface area contributed by atoms with Crippen molar-refractivity contribution in [3.05, 3.63) is 81.9 Å². The second-order valence-corrected chi connectivity index (χ2v) is 9.76. The topological polar surface area (TPSA) is 146 Å². The van der Waals surface area contributed by atoms with Crippen molar-refractivity contribution in [2.75, 3.05) is 11.1 Å². The fraction of sp³-hybridized carbons (Fsp3) is 0.192. The molecule has 6 rings (SSSR count). The van der Waals surface area contributed by atoms with Crippen molar-refractivity contribution in [1.82, 2.24) is 34.3 Å². The van der Waals surface area contributed by atoms with E-state index in [1.807, 2.05) is 0 Å². The number of nitrogens with zero attached hydrogens (tertiary/aromatic N) is 7. The Hall–Kier alpha value is -4.85. The first-order chi connectivity index (χ1) is 19.7. The van der Waals surface area contributed by atoms with Gasteiger partial charge in [0.1, 0.15) is 23.4 Å². The molecule has 4 aromatic heterocycles. The Kier molecular flexibility index (Phi) is 6.61. The van der Waals surface area contributed by atoms with Crippen LogP contribution in [0.4, 0.5) is 24.7 Å². The van der Waals surface area contributed by atoms with Crippen LogP contribution in [-0.4, -0.2) is 46.6 Å². The van der Waals surface area contributed by atoms with Crippen LogP contribution in [0.1, 0.15) is 41.1 Å². The molecule has 0 aliphatic heterocycles. The number of alkyl halides is 3. The zero-order chi connectivity index (χ0) is 28.8. The van der Waals surface area contributed by atoms with Crippen molar-refractivity contribution in [2.24, 2.45) is 0 Å². The van der Waals surface area contributed by atoms with Crippen LogP contribution in [0.25, 0.3) is 28.1 Å². The van der Waals surface area contributed by atoms with Gasteiger partial charge in [0.2, 0.25) is 6.30 Å². The van der Waals surface area contributed by atoms with E-state index < -0.39 is 24.2 Å². The number of aromatic nitrogens is 7. The lowest BCUT2D eigenvalue weighted by Gasteiger charge is -2.10. The van der Waals surface area contributed by atoms with Crippen LogP contribution < -0.4 is 16.6 Å². The zero-order valence-corrected chi connectivity index (χ0v) is 21.6. The Labute approximate surface area is 233 Å². The summed E-state index contributed by atoms with van der Waals surface area (Å²) in [6.45, 7) is 0. The van der Waals surface area contributed by atoms with E-state index in [1.54, 1.807) is 24.3 Å². The molecule has 15 heteroatoms. The number of nitrogens with one attached hydrogen (secondary N) is 1. The van der Waals surface area contributed by atoms with E-state index in [0.717, 1.165) is 23.9 Å². The summed E-state index contributed by atoms with van der Waals surface area (Å²) in [4.78, 5) is 42.3. The SMILES string of the molecule is Nc1ncnc2c1c(-c1ccc(NC(=O)c3cc(C4CC4)nn(-c4ncc(Cl)cn4)c3=O)cc1)cn2C(F)C(F)F. The summed E-state index contributed by atoms with van der Waals surface area (Å²) in [6.07, 6.45) is 0.735. The minimum Gasteiger partial charge on any atom is -0.383 e. The van der Waals surface area contributed by atoms with Gasteiger partial charge in [-0.15, -0.1) is 0 Å². The quantitative estimate of drug-likeness (QED) is 0.285. The molecule has 0 saturated heterocycles. The van der Waals surface area contributed by atoms with E-state index in [2.05, 4.69) is 30.4 Å². The molecule has 1 aliphatic carbocycles. The molecule has 1 aromatic carbocycles. The number of benzene rings is 1. The first-order valence-corrected chi connectivity index (χ1v) is 12.7. The van der Waals surface area contributed by atoms with Crippen molar-refractivity contribution >= 4 is 40.0 Å². The van der Waals surface area contributed by atoms with E-state index in [-0.39, 0.29) is 39.3 Å². The number of rotatable bonds is 7. The summed E-state index contributed by atoms with van der Waals surface area (Å²) in [7, 11) is 0. The molecule has 3 N–H and O–H groups in total. The lowest BCUT2D eigenvalue weighted by molar-refractivity contribution is 0.0104. The molecule has 11 nitrogen and oxygen atoms in total. The zero-order valence-electron chi connectivity index (χ0n) is 20.9. The third-order valence-electron chi connectivity index (χ3n) is 6.53. The largest absolute Gasteiger partial charge is 0.383 e. The number of halogens is 4. The summed E-state index contributed by atoms with van der Waals surface area (Å²) in [6, 6.07) is 7.71. The lowest BCUT2D eigenvalue weighted by Crippen LogP contribution is -2.31. The molecule has 1 aliphatic rings. The third-order valence-corrected chi connectivity index (χ3v) is 6.73. The molecular formula is C26H19ClF3N9O2. The number of carbonyl (C=O) groups excluding carboxylic acids is 1. The van der Waals surface area contributed by atoms with Gasteiger partial charge in [-0.25, -0.2) is 33.1 Å². The standard InChI is InChI=1S/C26H19ClF3N9O2/c27-14-8-32-26(33-9-14)39-25(41)16(7-18(37-39)13-1-2-13)24(40)36-15-5-3-12(4-6-15)17-10-38(21(30)20(28)29)23-19(17)22(31)34-11-35-23/h3-11,13,20-21H,1-2H2,(H,36,40)(H2,31,34,35). The first kappa shape index (κ1) is 26.4. The summed E-state index contributed by atoms with van der Waals surface area (Å²) in [5, 5.41) is 7.52. The molecule has 208 valence electrons. The maximum absolute atomic E-state index is 14.3. The smallest absolute Gasteiger partial charge is 0.288 e. The molecule has 0 spiro atoms. The van der Waals surface area contributed by atoms with Gasteiger partial charge in [0.05, 0.1) is 28.5 Å². The summed E-state index contributed by atoms with van der Waals surface area (Å²) in [5.74, 6) is -0.591. The summed E-state index contributed by atoms with van der Waals surface area (Å²) < 4.78 is 42.3. The minimum absolute atomic E-state index is 0.00676. The first-order valence-electron chi connectivity index (χ1n) is 12.3. The predicted molar refractivity (Wildman–Crippen MR) is 144 cm³/mol. The number of fused-ring (bicyclic) bond motifs is 1. The molecule has 1 saturated carbocycles. The molecule has 0 radical (unpaired) electrons. The molecule has 41 heavy (non-hydrogen) atoms. The highest BCUT2D eigenvalue weighted by atomic mass is 35.5. The fourth-order valence-corrected chi connectivity index (χ4v) is 4.47.